The molecule has 1 aliphatic rings. The summed E-state index contributed by atoms with van der Waals surface area (Å²) in [6, 6.07) is 0. The van der Waals surface area contributed by atoms with Gasteiger partial charge in [-0.1, -0.05) is 0 Å². The predicted octanol–water partition coefficient (Wildman–Crippen LogP) is -1.72. The van der Waals surface area contributed by atoms with E-state index in [4.69, 9.17) is 0 Å². The summed E-state index contributed by atoms with van der Waals surface area (Å²) in [7, 11) is 0. The Morgan fingerprint density at radius 3 is 2.18 bits per heavy atom. The summed E-state index contributed by atoms with van der Waals surface area (Å²) in [6.07, 6.45) is 0. The van der Waals surface area contributed by atoms with Crippen LogP contribution in [0.25, 0.3) is 0 Å². The van der Waals surface area contributed by atoms with Crippen molar-refractivity contribution in [1.82, 2.24) is 0 Å². The van der Waals surface area contributed by atoms with Crippen molar-refractivity contribution in [3.8, 4) is 0 Å². The van der Waals surface area contributed by atoms with Crippen LogP contribution in [-0.2, 0) is 18.9 Å². The molecule has 1 aliphatic heterocycles. The summed E-state index contributed by atoms with van der Waals surface area (Å²) in [5.41, 5.74) is 0. The summed E-state index contributed by atoms with van der Waals surface area (Å²) in [5, 5.41) is 8.47. The fourth-order valence-electron chi connectivity index (χ4n) is 0.354. The Morgan fingerprint density at radius 1 is 1.36 bits per heavy atom. The Kier molecular flexibility index (Phi) is 2.12. The molecule has 0 atom stereocenters. The molecule has 59 valence electrons. The van der Waals surface area contributed by atoms with Crippen molar-refractivity contribution >= 4 is 32.9 Å². The van der Waals surface area contributed by atoms with E-state index in [-0.39, 0.29) is 0 Å². The second-order valence-electron chi connectivity index (χ2n) is 1.34. The average molecular weight is 269 g/mol. The molecule has 0 amide bonds. The van der Waals surface area contributed by atoms with E-state index in [2.05, 4.69) is 9.32 Å². The van der Waals surface area contributed by atoms with Crippen molar-refractivity contribution in [2.24, 2.45) is 0 Å². The van der Waals surface area contributed by atoms with Gasteiger partial charge in [-0.25, -0.2) is 0 Å². The zero-order chi connectivity index (χ0) is 8.43. The van der Waals surface area contributed by atoms with Crippen molar-refractivity contribution in [1.29, 1.82) is 0 Å². The Morgan fingerprint density at radius 2 is 1.82 bits per heavy atom. The summed E-state index contributed by atoms with van der Waals surface area (Å²) in [6.45, 7) is 0. The molecule has 0 spiro atoms. The first-order valence-corrected chi connectivity index (χ1v) is 5.72. The summed E-state index contributed by atoms with van der Waals surface area (Å²) in [4.78, 5) is 30.1. The van der Waals surface area contributed by atoms with Crippen molar-refractivity contribution in [3.05, 3.63) is 10.1 Å². The van der Waals surface area contributed by atoms with Gasteiger partial charge < -0.3 is 0 Å². The van der Waals surface area contributed by atoms with Gasteiger partial charge in [-0.05, 0) is 0 Å². The Balaban J connectivity index is 2.47. The number of rotatable bonds is 2. The molecule has 1 fully saturated rings. The molecule has 0 aliphatic carbocycles. The van der Waals surface area contributed by atoms with Gasteiger partial charge in [0, 0.05) is 0 Å². The SMILES string of the molecule is O=C1[O][Sn]([O][N+](=O)[O-])[O]C1=O. The number of hydrogen-bond donors (Lipinski definition) is 0. The van der Waals surface area contributed by atoms with Crippen LogP contribution >= 0.6 is 0 Å². The second-order valence-corrected chi connectivity index (χ2v) is 4.46. The summed E-state index contributed by atoms with van der Waals surface area (Å²) >= 11 is -3.69. The van der Waals surface area contributed by atoms with Crippen molar-refractivity contribution in [2.45, 2.75) is 0 Å². The average Bonchev–Trinajstić information content (AvgIpc) is 2.10. The van der Waals surface area contributed by atoms with Crippen molar-refractivity contribution in [3.63, 3.8) is 0 Å². The van der Waals surface area contributed by atoms with Crippen LogP contribution < -0.4 is 0 Å². The van der Waals surface area contributed by atoms with Gasteiger partial charge in [0.05, 0.1) is 0 Å². The van der Waals surface area contributed by atoms with Gasteiger partial charge in [-0.15, -0.1) is 0 Å². The summed E-state index contributed by atoms with van der Waals surface area (Å²) in [5.74, 6) is -2.44. The van der Waals surface area contributed by atoms with E-state index < -0.39 is 38.0 Å². The minimum atomic E-state index is -3.69. The third-order valence-corrected chi connectivity index (χ3v) is 3.53. The molecule has 9 heteroatoms. The Bertz CT molecular complexity index is 208. The molecular weight excluding hydrogens is 269 g/mol. The Labute approximate surface area is 67.5 Å². The van der Waals surface area contributed by atoms with E-state index in [1.165, 1.54) is 0 Å². The molecule has 1 heterocycles. The van der Waals surface area contributed by atoms with Gasteiger partial charge in [-0.3, -0.25) is 0 Å². The molecule has 1 rings (SSSR count). The number of hydrogen-bond acceptors (Lipinski definition) is 7. The maximum atomic E-state index is 10.2. The number of carbonyl (C=O) groups is 2. The first kappa shape index (κ1) is 8.04. The van der Waals surface area contributed by atoms with Gasteiger partial charge in [0.2, 0.25) is 0 Å². The minimum absolute atomic E-state index is 1.15. The molecule has 0 N–H and O–H groups in total. The quantitative estimate of drug-likeness (QED) is 0.254. The molecule has 0 saturated carbocycles. The van der Waals surface area contributed by atoms with Gasteiger partial charge in [0.1, 0.15) is 0 Å². The van der Waals surface area contributed by atoms with Crippen LogP contribution in [0.4, 0.5) is 0 Å². The van der Waals surface area contributed by atoms with Crippen LogP contribution in [0.15, 0.2) is 0 Å². The van der Waals surface area contributed by atoms with Gasteiger partial charge in [0.15, 0.2) is 0 Å². The van der Waals surface area contributed by atoms with Gasteiger partial charge >= 0.3 is 67.1 Å². The molecule has 0 bridgehead atoms. The van der Waals surface area contributed by atoms with E-state index >= 15 is 0 Å². The molecule has 8 nitrogen and oxygen atoms in total. The Hall–Kier alpha value is -1.06. The fraction of sp³-hybridized carbons (Fsp3) is 0. The molecule has 1 radical (unpaired) electrons. The van der Waals surface area contributed by atoms with E-state index in [0.717, 1.165) is 0 Å². The molecule has 0 aromatic rings. The molecule has 11 heavy (non-hydrogen) atoms. The molecule has 0 unspecified atom stereocenters. The van der Waals surface area contributed by atoms with Crippen molar-refractivity contribution < 1.29 is 24.0 Å². The predicted molar refractivity (Wildman–Crippen MR) is 26.0 cm³/mol. The van der Waals surface area contributed by atoms with Crippen LogP contribution in [0.5, 0.6) is 0 Å². The molecule has 0 aromatic heterocycles. The third kappa shape index (κ3) is 1.93. The van der Waals surface area contributed by atoms with E-state index in [1.54, 1.807) is 0 Å². The third-order valence-electron chi connectivity index (χ3n) is 0.668. The first-order chi connectivity index (χ1) is 5.09. The van der Waals surface area contributed by atoms with Crippen LogP contribution in [0.3, 0.4) is 0 Å². The van der Waals surface area contributed by atoms with Crippen LogP contribution in [0.2, 0.25) is 0 Å². The number of nitrogens with zero attached hydrogens (tertiary/aromatic N) is 1. The van der Waals surface area contributed by atoms with E-state index in [9.17, 15) is 19.7 Å². The van der Waals surface area contributed by atoms with Crippen LogP contribution in [-0.4, -0.2) is 38.0 Å². The molecule has 0 aromatic carbocycles. The van der Waals surface area contributed by atoms with E-state index in [1.807, 2.05) is 0 Å². The first-order valence-electron chi connectivity index (χ1n) is 2.23. The zero-order valence-corrected chi connectivity index (χ0v) is 7.66. The molecule has 1 saturated heterocycles. The summed E-state index contributed by atoms with van der Waals surface area (Å²) < 4.78 is 12.0. The van der Waals surface area contributed by atoms with Crippen LogP contribution in [0.1, 0.15) is 0 Å². The standard InChI is InChI=1S/C2H2O4.NO3.Sn/c3-1(4)2(5)6;2-1(3)4;/h(H,3,4)(H,5,6);;/q;-1;+3/p-2. The van der Waals surface area contributed by atoms with Gasteiger partial charge in [-0.2, -0.15) is 0 Å². The second kappa shape index (κ2) is 2.90. The number of carbonyl (C=O) groups excluding carboxylic acids is 2. The zero-order valence-electron chi connectivity index (χ0n) is 4.80. The molecular formula is C2NO7Sn. The fourth-order valence-corrected chi connectivity index (χ4v) is 2.37. The van der Waals surface area contributed by atoms with Crippen LogP contribution in [0, 0.1) is 10.1 Å². The monoisotopic (exact) mass is 270 g/mol. The topological polar surface area (TPSA) is 105 Å². The van der Waals surface area contributed by atoms with Gasteiger partial charge in [0.25, 0.3) is 0 Å². The normalized spacial score (nSPS) is 17.5. The maximum absolute atomic E-state index is 10.2. The van der Waals surface area contributed by atoms with E-state index in [0.29, 0.717) is 0 Å². The van der Waals surface area contributed by atoms with Crippen molar-refractivity contribution in [2.75, 3.05) is 0 Å².